The first kappa shape index (κ1) is 15.4. The van der Waals surface area contributed by atoms with E-state index in [0.29, 0.717) is 18.9 Å². The number of nitrogens with two attached hydrogens (primary N) is 1. The van der Waals surface area contributed by atoms with Gasteiger partial charge in [-0.15, -0.1) is 0 Å². The van der Waals surface area contributed by atoms with Crippen LogP contribution in [-0.2, 0) is 4.79 Å². The Morgan fingerprint density at radius 1 is 1.33 bits per heavy atom. The van der Waals surface area contributed by atoms with Gasteiger partial charge in [0.05, 0.1) is 0 Å². The zero-order valence-corrected chi connectivity index (χ0v) is 12.4. The van der Waals surface area contributed by atoms with Crippen molar-refractivity contribution in [3.05, 3.63) is 0 Å². The Kier molecular flexibility index (Phi) is 5.60. The molecule has 0 aromatic carbocycles. The van der Waals surface area contributed by atoms with Crippen LogP contribution in [0.4, 0.5) is 0 Å². The van der Waals surface area contributed by atoms with Crippen LogP contribution in [0.25, 0.3) is 0 Å². The monoisotopic (exact) mass is 255 g/mol. The molecule has 106 valence electrons. The lowest BCUT2D eigenvalue weighted by Gasteiger charge is -2.49. The van der Waals surface area contributed by atoms with Gasteiger partial charge in [0.1, 0.15) is 0 Å². The predicted molar refractivity (Wildman–Crippen MR) is 75.4 cm³/mol. The van der Waals surface area contributed by atoms with Gasteiger partial charge in [-0.3, -0.25) is 4.79 Å². The fraction of sp³-hybridized carbons (Fsp3) is 0.929. The summed E-state index contributed by atoms with van der Waals surface area (Å²) in [4.78, 5) is 16.3. The average molecular weight is 255 g/mol. The van der Waals surface area contributed by atoms with Crippen LogP contribution in [-0.4, -0.2) is 55.5 Å². The van der Waals surface area contributed by atoms with E-state index in [4.69, 9.17) is 5.73 Å². The van der Waals surface area contributed by atoms with E-state index in [1.165, 1.54) is 19.3 Å². The van der Waals surface area contributed by atoms with Crippen molar-refractivity contribution in [2.45, 2.75) is 44.6 Å². The molecule has 18 heavy (non-hydrogen) atoms. The highest BCUT2D eigenvalue weighted by Gasteiger charge is 2.40. The van der Waals surface area contributed by atoms with Crippen LogP contribution in [0.15, 0.2) is 0 Å². The van der Waals surface area contributed by atoms with E-state index in [1.54, 1.807) is 0 Å². The van der Waals surface area contributed by atoms with Crippen molar-refractivity contribution >= 4 is 5.91 Å². The van der Waals surface area contributed by atoms with Gasteiger partial charge in [-0.25, -0.2) is 0 Å². The topological polar surface area (TPSA) is 49.6 Å². The molecule has 4 heteroatoms. The third kappa shape index (κ3) is 3.45. The van der Waals surface area contributed by atoms with Crippen LogP contribution < -0.4 is 5.73 Å². The number of nitrogens with zero attached hydrogens (tertiary/aromatic N) is 2. The van der Waals surface area contributed by atoms with Crippen molar-refractivity contribution in [3.8, 4) is 0 Å². The summed E-state index contributed by atoms with van der Waals surface area (Å²) >= 11 is 0. The molecule has 1 atom stereocenters. The number of carbonyl (C=O) groups is 1. The minimum absolute atomic E-state index is 0.217. The Balaban J connectivity index is 2.49. The van der Waals surface area contributed by atoms with Gasteiger partial charge < -0.3 is 15.5 Å². The molecule has 1 aliphatic carbocycles. The molecule has 1 unspecified atom stereocenters. The molecule has 1 fully saturated rings. The molecular formula is C14H29N3O. The average Bonchev–Trinajstić information content (AvgIpc) is 2.29. The third-order valence-corrected chi connectivity index (χ3v) is 4.56. The van der Waals surface area contributed by atoms with Crippen molar-refractivity contribution in [2.24, 2.45) is 11.7 Å². The number of rotatable bonds is 7. The highest BCUT2D eigenvalue weighted by Crippen LogP contribution is 2.36. The van der Waals surface area contributed by atoms with Gasteiger partial charge >= 0.3 is 0 Å². The van der Waals surface area contributed by atoms with Crippen molar-refractivity contribution in [1.82, 2.24) is 9.80 Å². The van der Waals surface area contributed by atoms with Crippen LogP contribution in [0.5, 0.6) is 0 Å². The molecule has 0 radical (unpaired) electrons. The van der Waals surface area contributed by atoms with E-state index in [-0.39, 0.29) is 11.4 Å². The minimum Gasteiger partial charge on any atom is -0.344 e. The summed E-state index contributed by atoms with van der Waals surface area (Å²) in [6.07, 6.45) is 5.25. The molecule has 0 bridgehead atoms. The highest BCUT2D eigenvalue weighted by atomic mass is 16.2. The number of hydrogen-bond donors (Lipinski definition) is 1. The number of carbonyl (C=O) groups excluding carboxylic acids is 1. The normalized spacial score (nSPS) is 19.4. The van der Waals surface area contributed by atoms with Gasteiger partial charge in [-0.2, -0.15) is 0 Å². The van der Waals surface area contributed by atoms with Crippen LogP contribution >= 0.6 is 0 Å². The Morgan fingerprint density at radius 2 is 1.94 bits per heavy atom. The molecule has 1 saturated carbocycles. The lowest BCUT2D eigenvalue weighted by Crippen LogP contribution is -2.57. The zero-order valence-electron chi connectivity index (χ0n) is 12.4. The van der Waals surface area contributed by atoms with Gasteiger partial charge in [0.15, 0.2) is 0 Å². The van der Waals surface area contributed by atoms with Crippen LogP contribution in [0.3, 0.4) is 0 Å². The lowest BCUT2D eigenvalue weighted by atomic mass is 9.75. The zero-order chi connectivity index (χ0) is 13.8. The number of amides is 1. The molecule has 0 aromatic heterocycles. The molecule has 0 spiro atoms. The fourth-order valence-electron chi connectivity index (χ4n) is 2.66. The van der Waals surface area contributed by atoms with Crippen molar-refractivity contribution in [3.63, 3.8) is 0 Å². The SMILES string of the molecule is CCC(CN)CC(=O)N(C)CC1(N(C)C)CCC1. The quantitative estimate of drug-likeness (QED) is 0.746. The second-order valence-electron chi connectivity index (χ2n) is 5.94. The molecule has 0 aliphatic heterocycles. The fourth-order valence-corrected chi connectivity index (χ4v) is 2.66. The van der Waals surface area contributed by atoms with E-state index in [9.17, 15) is 4.79 Å². The summed E-state index contributed by atoms with van der Waals surface area (Å²) in [5, 5.41) is 0. The van der Waals surface area contributed by atoms with Crippen LogP contribution in [0.1, 0.15) is 39.0 Å². The van der Waals surface area contributed by atoms with Gasteiger partial charge in [-0.05, 0) is 45.8 Å². The second kappa shape index (κ2) is 6.53. The third-order valence-electron chi connectivity index (χ3n) is 4.56. The maximum atomic E-state index is 12.2. The molecule has 0 heterocycles. The summed E-state index contributed by atoms with van der Waals surface area (Å²) < 4.78 is 0. The largest absolute Gasteiger partial charge is 0.344 e. The Labute approximate surface area is 111 Å². The van der Waals surface area contributed by atoms with Gasteiger partial charge in [0.25, 0.3) is 0 Å². The first-order valence-electron chi connectivity index (χ1n) is 7.06. The summed E-state index contributed by atoms with van der Waals surface area (Å²) in [5.74, 6) is 0.567. The van der Waals surface area contributed by atoms with Crippen molar-refractivity contribution < 1.29 is 4.79 Å². The van der Waals surface area contributed by atoms with Gasteiger partial charge in [0.2, 0.25) is 5.91 Å². The second-order valence-corrected chi connectivity index (χ2v) is 5.94. The van der Waals surface area contributed by atoms with Crippen molar-refractivity contribution in [2.75, 3.05) is 34.2 Å². The molecule has 2 N–H and O–H groups in total. The molecular weight excluding hydrogens is 226 g/mol. The first-order chi connectivity index (χ1) is 8.45. The van der Waals surface area contributed by atoms with Crippen molar-refractivity contribution in [1.29, 1.82) is 0 Å². The summed E-state index contributed by atoms with van der Waals surface area (Å²) in [6, 6.07) is 0. The maximum absolute atomic E-state index is 12.2. The first-order valence-corrected chi connectivity index (χ1v) is 7.06. The van der Waals surface area contributed by atoms with Gasteiger partial charge in [0, 0.05) is 25.6 Å². The molecule has 0 saturated heterocycles. The van der Waals surface area contributed by atoms with E-state index < -0.39 is 0 Å². The summed E-state index contributed by atoms with van der Waals surface area (Å²) in [7, 11) is 6.16. The minimum atomic E-state index is 0.217. The molecule has 0 aromatic rings. The smallest absolute Gasteiger partial charge is 0.222 e. The molecule has 1 rings (SSSR count). The Morgan fingerprint density at radius 3 is 2.28 bits per heavy atom. The molecule has 1 aliphatic rings. The standard InChI is InChI=1S/C14H29N3O/c1-5-12(10-15)9-13(18)17(4)11-14(16(2)3)7-6-8-14/h12H,5-11,15H2,1-4H3. The Bertz CT molecular complexity index is 270. The van der Waals surface area contributed by atoms with E-state index in [1.807, 2.05) is 11.9 Å². The summed E-state index contributed by atoms with van der Waals surface area (Å²) in [6.45, 7) is 3.55. The number of likely N-dealkylation sites (N-methyl/N-ethyl adjacent to an activating group) is 2. The summed E-state index contributed by atoms with van der Waals surface area (Å²) in [5.41, 5.74) is 5.88. The number of hydrogen-bond acceptors (Lipinski definition) is 3. The van der Waals surface area contributed by atoms with E-state index >= 15 is 0 Å². The highest BCUT2D eigenvalue weighted by molar-refractivity contribution is 5.76. The van der Waals surface area contributed by atoms with Crippen LogP contribution in [0.2, 0.25) is 0 Å². The predicted octanol–water partition coefficient (Wildman–Crippen LogP) is 1.30. The van der Waals surface area contributed by atoms with Crippen LogP contribution in [0, 0.1) is 5.92 Å². The molecule has 4 nitrogen and oxygen atoms in total. The lowest BCUT2D eigenvalue weighted by molar-refractivity contribution is -0.133. The molecule has 1 amide bonds. The van der Waals surface area contributed by atoms with Gasteiger partial charge in [-0.1, -0.05) is 13.3 Å². The van der Waals surface area contributed by atoms with E-state index in [0.717, 1.165) is 13.0 Å². The maximum Gasteiger partial charge on any atom is 0.222 e. The van der Waals surface area contributed by atoms with E-state index in [2.05, 4.69) is 25.9 Å². The Hall–Kier alpha value is -0.610.